The lowest BCUT2D eigenvalue weighted by atomic mass is 9.82. The second-order valence-electron chi connectivity index (χ2n) is 7.23. The van der Waals surface area contributed by atoms with Crippen molar-refractivity contribution in [2.45, 2.75) is 31.9 Å². The minimum absolute atomic E-state index is 0.172. The van der Waals surface area contributed by atoms with E-state index in [4.69, 9.17) is 4.74 Å². The highest BCUT2D eigenvalue weighted by molar-refractivity contribution is 5.26. The van der Waals surface area contributed by atoms with Crippen LogP contribution < -0.4 is 0 Å². The summed E-state index contributed by atoms with van der Waals surface area (Å²) in [6, 6.07) is 8.70. The van der Waals surface area contributed by atoms with Crippen LogP contribution >= 0.6 is 0 Å². The normalized spacial score (nSPS) is 25.2. The zero-order valence-corrected chi connectivity index (χ0v) is 13.6. The lowest BCUT2D eigenvalue weighted by Crippen LogP contribution is -2.64. The maximum atomic E-state index is 6.24. The number of aryl methyl sites for hydroxylation is 1. The molecule has 2 aliphatic rings. The molecule has 2 heterocycles. The average Bonchev–Trinajstić information content (AvgIpc) is 2.41. The fourth-order valence-corrected chi connectivity index (χ4v) is 3.74. The van der Waals surface area contributed by atoms with E-state index in [1.54, 1.807) is 0 Å². The monoisotopic (exact) mass is 288 g/mol. The first-order valence-corrected chi connectivity index (χ1v) is 8.12. The van der Waals surface area contributed by atoms with Gasteiger partial charge in [-0.3, -0.25) is 4.90 Å². The van der Waals surface area contributed by atoms with E-state index in [0.29, 0.717) is 0 Å². The van der Waals surface area contributed by atoms with Crippen molar-refractivity contribution in [1.82, 2.24) is 9.80 Å². The summed E-state index contributed by atoms with van der Waals surface area (Å²) >= 11 is 0. The van der Waals surface area contributed by atoms with Gasteiger partial charge in [0, 0.05) is 26.2 Å². The quantitative estimate of drug-likeness (QED) is 0.847. The molecule has 1 aromatic carbocycles. The van der Waals surface area contributed by atoms with Gasteiger partial charge in [-0.2, -0.15) is 0 Å². The predicted molar refractivity (Wildman–Crippen MR) is 86.4 cm³/mol. The Labute approximate surface area is 128 Å². The molecule has 0 amide bonds. The van der Waals surface area contributed by atoms with Crippen LogP contribution in [0.15, 0.2) is 24.3 Å². The van der Waals surface area contributed by atoms with Crippen LogP contribution in [0, 0.1) is 12.8 Å². The van der Waals surface area contributed by atoms with Crippen molar-refractivity contribution in [3.05, 3.63) is 35.4 Å². The van der Waals surface area contributed by atoms with Crippen LogP contribution in [0.2, 0.25) is 0 Å². The number of ether oxygens (including phenoxy) is 1. The maximum Gasteiger partial charge on any atom is 0.0935 e. The van der Waals surface area contributed by atoms with Gasteiger partial charge in [-0.25, -0.2) is 0 Å². The van der Waals surface area contributed by atoms with E-state index >= 15 is 0 Å². The van der Waals surface area contributed by atoms with Crippen molar-refractivity contribution in [3.8, 4) is 0 Å². The van der Waals surface area contributed by atoms with Crippen LogP contribution in [0.25, 0.3) is 0 Å². The van der Waals surface area contributed by atoms with Crippen LogP contribution in [0.3, 0.4) is 0 Å². The predicted octanol–water partition coefficient (Wildman–Crippen LogP) is 2.54. The summed E-state index contributed by atoms with van der Waals surface area (Å²) < 4.78 is 6.24. The Bertz CT molecular complexity index is 470. The van der Waals surface area contributed by atoms with Gasteiger partial charge in [0.1, 0.15) is 0 Å². The Hall–Kier alpha value is -0.900. The van der Waals surface area contributed by atoms with Crippen molar-refractivity contribution in [2.24, 2.45) is 5.92 Å². The fourth-order valence-electron chi connectivity index (χ4n) is 3.74. The van der Waals surface area contributed by atoms with Gasteiger partial charge in [0.2, 0.25) is 0 Å². The second-order valence-corrected chi connectivity index (χ2v) is 7.23. The third-order valence-corrected chi connectivity index (χ3v) is 4.94. The van der Waals surface area contributed by atoms with Crippen molar-refractivity contribution in [3.63, 3.8) is 0 Å². The molecule has 3 rings (SSSR count). The smallest absolute Gasteiger partial charge is 0.0935 e. The van der Waals surface area contributed by atoms with E-state index in [2.05, 4.69) is 55.1 Å². The van der Waals surface area contributed by atoms with Crippen LogP contribution in [-0.2, 0) is 11.3 Å². The van der Waals surface area contributed by atoms with E-state index in [9.17, 15) is 0 Å². The van der Waals surface area contributed by atoms with Gasteiger partial charge in [-0.05, 0) is 50.9 Å². The molecule has 3 nitrogen and oxygen atoms in total. The minimum Gasteiger partial charge on any atom is -0.372 e. The Morgan fingerprint density at radius 3 is 2.67 bits per heavy atom. The molecular weight excluding hydrogens is 260 g/mol. The summed E-state index contributed by atoms with van der Waals surface area (Å²) in [5.74, 6) is 0.719. The summed E-state index contributed by atoms with van der Waals surface area (Å²) in [6.45, 7) is 7.58. The summed E-state index contributed by atoms with van der Waals surface area (Å²) in [4.78, 5) is 4.80. The van der Waals surface area contributed by atoms with Gasteiger partial charge in [0.15, 0.2) is 0 Å². The lowest BCUT2D eigenvalue weighted by molar-refractivity contribution is -0.182. The first kappa shape index (κ1) is 15.0. The molecule has 1 unspecified atom stereocenters. The van der Waals surface area contributed by atoms with Crippen LogP contribution in [0.5, 0.6) is 0 Å². The molecular formula is C18H28N2O. The Morgan fingerprint density at radius 2 is 2.05 bits per heavy atom. The zero-order chi connectivity index (χ0) is 14.9. The SMILES string of the molecule is Cc1ccccc1CN1CC2(CCC(CN(C)C)CO2)C1. The molecule has 116 valence electrons. The molecule has 0 N–H and O–H groups in total. The van der Waals surface area contributed by atoms with E-state index < -0.39 is 0 Å². The van der Waals surface area contributed by atoms with Crippen molar-refractivity contribution in [1.29, 1.82) is 0 Å². The first-order valence-electron chi connectivity index (χ1n) is 8.12. The van der Waals surface area contributed by atoms with Gasteiger partial charge in [-0.15, -0.1) is 0 Å². The first-order chi connectivity index (χ1) is 10.1. The minimum atomic E-state index is 0.172. The molecule has 2 saturated heterocycles. The van der Waals surface area contributed by atoms with Crippen molar-refractivity contribution >= 4 is 0 Å². The standard InChI is InChI=1S/C18H28N2O/c1-15-6-4-5-7-17(15)11-20-13-18(14-20)9-8-16(12-21-18)10-19(2)3/h4-7,16H,8-14H2,1-3H3. The molecule has 1 atom stereocenters. The highest BCUT2D eigenvalue weighted by Crippen LogP contribution is 2.36. The van der Waals surface area contributed by atoms with Gasteiger partial charge in [-0.1, -0.05) is 24.3 Å². The molecule has 0 bridgehead atoms. The third kappa shape index (κ3) is 3.47. The molecule has 2 aliphatic heterocycles. The largest absolute Gasteiger partial charge is 0.372 e. The van der Waals surface area contributed by atoms with E-state index in [1.165, 1.54) is 24.0 Å². The van der Waals surface area contributed by atoms with Crippen LogP contribution in [0.1, 0.15) is 24.0 Å². The number of hydrogen-bond donors (Lipinski definition) is 0. The van der Waals surface area contributed by atoms with Crippen molar-refractivity contribution in [2.75, 3.05) is 40.3 Å². The maximum absolute atomic E-state index is 6.24. The number of nitrogens with zero attached hydrogens (tertiary/aromatic N) is 2. The van der Waals surface area contributed by atoms with Gasteiger partial charge in [0.25, 0.3) is 0 Å². The number of likely N-dealkylation sites (tertiary alicyclic amines) is 1. The Kier molecular flexibility index (Phi) is 4.34. The van der Waals surface area contributed by atoms with E-state index in [0.717, 1.165) is 38.7 Å². The Morgan fingerprint density at radius 1 is 1.29 bits per heavy atom. The fraction of sp³-hybridized carbons (Fsp3) is 0.667. The zero-order valence-electron chi connectivity index (χ0n) is 13.6. The van der Waals surface area contributed by atoms with Crippen LogP contribution in [-0.4, -0.2) is 55.7 Å². The van der Waals surface area contributed by atoms with Gasteiger partial charge < -0.3 is 9.64 Å². The molecule has 1 aromatic rings. The van der Waals surface area contributed by atoms with E-state index in [-0.39, 0.29) is 5.60 Å². The lowest BCUT2D eigenvalue weighted by Gasteiger charge is -2.53. The summed E-state index contributed by atoms with van der Waals surface area (Å²) in [6.07, 6.45) is 2.55. The van der Waals surface area contributed by atoms with Gasteiger partial charge >= 0.3 is 0 Å². The molecule has 21 heavy (non-hydrogen) atoms. The molecule has 0 aliphatic carbocycles. The summed E-state index contributed by atoms with van der Waals surface area (Å²) in [5, 5.41) is 0. The molecule has 2 fully saturated rings. The molecule has 0 aromatic heterocycles. The number of benzene rings is 1. The molecule has 0 saturated carbocycles. The summed E-state index contributed by atoms with van der Waals surface area (Å²) in [7, 11) is 4.30. The topological polar surface area (TPSA) is 15.7 Å². The number of hydrogen-bond acceptors (Lipinski definition) is 3. The van der Waals surface area contributed by atoms with Gasteiger partial charge in [0.05, 0.1) is 12.2 Å². The highest BCUT2D eigenvalue weighted by Gasteiger charge is 2.46. The van der Waals surface area contributed by atoms with Crippen LogP contribution in [0.4, 0.5) is 0 Å². The molecule has 0 radical (unpaired) electrons. The number of rotatable bonds is 4. The van der Waals surface area contributed by atoms with Crippen molar-refractivity contribution < 1.29 is 4.74 Å². The highest BCUT2D eigenvalue weighted by atomic mass is 16.5. The molecule has 3 heteroatoms. The molecule has 1 spiro atoms. The van der Waals surface area contributed by atoms with E-state index in [1.807, 2.05) is 0 Å². The Balaban J connectivity index is 1.47. The summed E-state index contributed by atoms with van der Waals surface area (Å²) in [5.41, 5.74) is 3.02. The average molecular weight is 288 g/mol. The third-order valence-electron chi connectivity index (χ3n) is 4.94. The second kappa shape index (κ2) is 6.07.